The molecular formula is C15H26N2O. The lowest BCUT2D eigenvalue weighted by molar-refractivity contribution is 0.0118. The number of aryl methyl sites for hydroxylation is 2. The maximum Gasteiger partial charge on any atom is 0.0623 e. The highest BCUT2D eigenvalue weighted by Gasteiger charge is 2.20. The van der Waals surface area contributed by atoms with Gasteiger partial charge in [-0.25, -0.2) is 0 Å². The molecule has 3 heteroatoms. The number of ether oxygens (including phenoxy) is 1. The molecule has 0 aliphatic rings. The summed E-state index contributed by atoms with van der Waals surface area (Å²) in [5.41, 5.74) is 3.41. The fraction of sp³-hybridized carbons (Fsp3) is 0.667. The van der Waals surface area contributed by atoms with Gasteiger partial charge in [0.25, 0.3) is 0 Å². The minimum absolute atomic E-state index is 0.0683. The van der Waals surface area contributed by atoms with E-state index in [0.717, 1.165) is 24.2 Å². The fourth-order valence-corrected chi connectivity index (χ4v) is 2.11. The molecule has 102 valence electrons. The van der Waals surface area contributed by atoms with Gasteiger partial charge in [-0.3, -0.25) is 4.98 Å². The van der Waals surface area contributed by atoms with Gasteiger partial charge < -0.3 is 10.1 Å². The number of pyridine rings is 1. The van der Waals surface area contributed by atoms with E-state index in [9.17, 15) is 0 Å². The molecule has 1 rings (SSSR count). The van der Waals surface area contributed by atoms with E-state index in [1.807, 2.05) is 14.0 Å². The third-order valence-electron chi connectivity index (χ3n) is 3.58. The first kappa shape index (κ1) is 15.1. The second-order valence-electron chi connectivity index (χ2n) is 5.47. The lowest BCUT2D eigenvalue weighted by Crippen LogP contribution is -2.26. The Morgan fingerprint density at radius 2 is 2.00 bits per heavy atom. The maximum atomic E-state index is 5.47. The molecule has 0 bridgehead atoms. The molecule has 1 aromatic rings. The van der Waals surface area contributed by atoms with E-state index in [0.29, 0.717) is 6.04 Å². The van der Waals surface area contributed by atoms with Crippen LogP contribution in [0.25, 0.3) is 0 Å². The molecule has 3 nitrogen and oxygen atoms in total. The van der Waals surface area contributed by atoms with Crippen molar-refractivity contribution >= 4 is 0 Å². The van der Waals surface area contributed by atoms with Crippen LogP contribution in [0.2, 0.25) is 0 Å². The molecule has 1 aromatic heterocycles. The van der Waals surface area contributed by atoms with Crippen molar-refractivity contribution in [1.82, 2.24) is 10.3 Å². The number of nitrogens with zero attached hydrogens (tertiary/aromatic N) is 1. The highest BCUT2D eigenvalue weighted by atomic mass is 16.5. The second kappa shape index (κ2) is 6.30. The Balaban J connectivity index is 2.77. The van der Waals surface area contributed by atoms with E-state index in [-0.39, 0.29) is 5.60 Å². The number of hydrogen-bond donors (Lipinski definition) is 1. The van der Waals surface area contributed by atoms with Gasteiger partial charge in [-0.2, -0.15) is 0 Å². The average Bonchev–Trinajstić information content (AvgIpc) is 2.32. The molecule has 1 N–H and O–H groups in total. The van der Waals surface area contributed by atoms with E-state index in [4.69, 9.17) is 4.74 Å². The molecule has 0 spiro atoms. The number of nitrogens with one attached hydrogen (secondary N) is 1. The summed E-state index contributed by atoms with van der Waals surface area (Å²) < 4.78 is 5.47. The van der Waals surface area contributed by atoms with Gasteiger partial charge in [-0.1, -0.05) is 6.07 Å². The minimum atomic E-state index is -0.0683. The number of rotatable bonds is 6. The van der Waals surface area contributed by atoms with Crippen LogP contribution in [0.3, 0.4) is 0 Å². The Morgan fingerprint density at radius 3 is 2.50 bits per heavy atom. The van der Waals surface area contributed by atoms with E-state index in [2.05, 4.69) is 43.2 Å². The third-order valence-corrected chi connectivity index (χ3v) is 3.58. The highest BCUT2D eigenvalue weighted by molar-refractivity contribution is 5.25. The van der Waals surface area contributed by atoms with Crippen LogP contribution < -0.4 is 5.32 Å². The van der Waals surface area contributed by atoms with E-state index in [1.165, 1.54) is 5.56 Å². The Kier molecular flexibility index (Phi) is 5.29. The standard InChI is InChI=1S/C15H26N2O/c1-11-7-8-13(12(2)17-11)14(16-5)9-10-15(3,4)18-6/h7-8,14,16H,9-10H2,1-6H3. The molecule has 1 heterocycles. The van der Waals surface area contributed by atoms with E-state index in [1.54, 1.807) is 7.11 Å². The van der Waals surface area contributed by atoms with Crippen LogP contribution in [0.15, 0.2) is 12.1 Å². The number of hydrogen-bond acceptors (Lipinski definition) is 3. The monoisotopic (exact) mass is 250 g/mol. The Bertz CT molecular complexity index is 388. The average molecular weight is 250 g/mol. The highest BCUT2D eigenvalue weighted by Crippen LogP contribution is 2.25. The van der Waals surface area contributed by atoms with Crippen molar-refractivity contribution in [3.05, 3.63) is 29.1 Å². The molecule has 0 amide bonds. The van der Waals surface area contributed by atoms with Gasteiger partial charge in [0.2, 0.25) is 0 Å². The van der Waals surface area contributed by atoms with Crippen molar-refractivity contribution in [3.63, 3.8) is 0 Å². The van der Waals surface area contributed by atoms with Gasteiger partial charge in [-0.05, 0) is 59.2 Å². The molecule has 0 saturated heterocycles. The third kappa shape index (κ3) is 4.07. The van der Waals surface area contributed by atoms with Crippen molar-refractivity contribution in [3.8, 4) is 0 Å². The number of aromatic nitrogens is 1. The summed E-state index contributed by atoms with van der Waals surface area (Å²) in [6.45, 7) is 8.35. The second-order valence-corrected chi connectivity index (χ2v) is 5.47. The minimum Gasteiger partial charge on any atom is -0.379 e. The zero-order chi connectivity index (χ0) is 13.8. The molecule has 0 aliphatic carbocycles. The van der Waals surface area contributed by atoms with Crippen LogP contribution in [-0.4, -0.2) is 24.7 Å². The lowest BCUT2D eigenvalue weighted by Gasteiger charge is -2.26. The first-order valence-electron chi connectivity index (χ1n) is 6.56. The van der Waals surface area contributed by atoms with Gasteiger partial charge in [0.05, 0.1) is 5.60 Å². The SMILES string of the molecule is CNC(CCC(C)(C)OC)c1ccc(C)nc1C. The molecule has 0 saturated carbocycles. The summed E-state index contributed by atoms with van der Waals surface area (Å²) in [6.07, 6.45) is 2.06. The summed E-state index contributed by atoms with van der Waals surface area (Å²) in [4.78, 5) is 4.54. The normalized spacial score (nSPS) is 13.7. The van der Waals surface area contributed by atoms with Crippen LogP contribution in [0.5, 0.6) is 0 Å². The van der Waals surface area contributed by atoms with Gasteiger partial charge in [0.1, 0.15) is 0 Å². The van der Waals surface area contributed by atoms with Crippen molar-refractivity contribution in [1.29, 1.82) is 0 Å². The largest absolute Gasteiger partial charge is 0.379 e. The van der Waals surface area contributed by atoms with Gasteiger partial charge in [0, 0.05) is 24.5 Å². The van der Waals surface area contributed by atoms with Crippen molar-refractivity contribution in [2.45, 2.75) is 52.2 Å². The Hall–Kier alpha value is -0.930. The van der Waals surface area contributed by atoms with Gasteiger partial charge >= 0.3 is 0 Å². The van der Waals surface area contributed by atoms with Crippen LogP contribution >= 0.6 is 0 Å². The predicted octanol–water partition coefficient (Wildman–Crippen LogP) is 3.16. The zero-order valence-electron chi connectivity index (χ0n) is 12.5. The molecule has 0 radical (unpaired) electrons. The summed E-state index contributed by atoms with van der Waals surface area (Å²) in [5, 5.41) is 3.38. The lowest BCUT2D eigenvalue weighted by atomic mass is 9.94. The first-order valence-corrected chi connectivity index (χ1v) is 6.56. The zero-order valence-corrected chi connectivity index (χ0v) is 12.5. The topological polar surface area (TPSA) is 34.1 Å². The van der Waals surface area contributed by atoms with Crippen LogP contribution in [0.1, 0.15) is 49.7 Å². The van der Waals surface area contributed by atoms with Crippen molar-refractivity contribution in [2.75, 3.05) is 14.2 Å². The van der Waals surface area contributed by atoms with Crippen molar-refractivity contribution < 1.29 is 4.74 Å². The van der Waals surface area contributed by atoms with Crippen LogP contribution in [0.4, 0.5) is 0 Å². The molecular weight excluding hydrogens is 224 g/mol. The molecule has 18 heavy (non-hydrogen) atoms. The predicted molar refractivity (Wildman–Crippen MR) is 75.8 cm³/mol. The summed E-state index contributed by atoms with van der Waals surface area (Å²) in [7, 11) is 3.77. The quantitative estimate of drug-likeness (QED) is 0.842. The smallest absolute Gasteiger partial charge is 0.0623 e. The van der Waals surface area contributed by atoms with Crippen molar-refractivity contribution in [2.24, 2.45) is 0 Å². The summed E-state index contributed by atoms with van der Waals surface area (Å²) in [6, 6.07) is 4.60. The molecule has 0 aromatic carbocycles. The number of methoxy groups -OCH3 is 1. The summed E-state index contributed by atoms with van der Waals surface area (Å²) in [5.74, 6) is 0. The van der Waals surface area contributed by atoms with E-state index >= 15 is 0 Å². The molecule has 1 atom stereocenters. The van der Waals surface area contributed by atoms with Gasteiger partial charge in [-0.15, -0.1) is 0 Å². The maximum absolute atomic E-state index is 5.47. The van der Waals surface area contributed by atoms with E-state index < -0.39 is 0 Å². The first-order chi connectivity index (χ1) is 8.39. The fourth-order valence-electron chi connectivity index (χ4n) is 2.11. The summed E-state index contributed by atoms with van der Waals surface area (Å²) >= 11 is 0. The molecule has 1 unspecified atom stereocenters. The Morgan fingerprint density at radius 1 is 1.33 bits per heavy atom. The Labute approximate surface area is 111 Å². The van der Waals surface area contributed by atoms with Crippen LogP contribution in [0, 0.1) is 13.8 Å². The van der Waals surface area contributed by atoms with Gasteiger partial charge in [0.15, 0.2) is 0 Å². The molecule has 0 fully saturated rings. The van der Waals surface area contributed by atoms with Crippen LogP contribution in [-0.2, 0) is 4.74 Å². The molecule has 0 aliphatic heterocycles.